The van der Waals surface area contributed by atoms with Gasteiger partial charge >= 0.3 is 12.2 Å². The van der Waals surface area contributed by atoms with Gasteiger partial charge in [0, 0.05) is 18.7 Å². The van der Waals surface area contributed by atoms with Crippen molar-refractivity contribution in [2.24, 2.45) is 4.99 Å². The highest BCUT2D eigenvalue weighted by Gasteiger charge is 2.58. The zero-order chi connectivity index (χ0) is 24.4. The zero-order valence-corrected chi connectivity index (χ0v) is 20.0. The fraction of sp³-hybridized carbons (Fsp3) is 0.565. The molecule has 0 spiro atoms. The highest BCUT2D eigenvalue weighted by molar-refractivity contribution is 5.98. The summed E-state index contributed by atoms with van der Waals surface area (Å²) in [5.41, 5.74) is -3.19. The molecule has 2 aliphatic rings. The Bertz CT molecular complexity index is 915. The number of benzene rings is 1. The maximum absolute atomic E-state index is 14.0. The van der Waals surface area contributed by atoms with Crippen LogP contribution in [0.15, 0.2) is 35.3 Å². The first-order chi connectivity index (χ1) is 15.3. The maximum Gasteiger partial charge on any atom is 0.435 e. The highest BCUT2D eigenvalue weighted by atomic mass is 16.6. The lowest BCUT2D eigenvalue weighted by Gasteiger charge is -2.41. The Balaban J connectivity index is 2.14. The van der Waals surface area contributed by atoms with Crippen molar-refractivity contribution in [3.63, 3.8) is 0 Å². The van der Waals surface area contributed by atoms with Crippen LogP contribution in [0.25, 0.3) is 0 Å². The molecule has 3 amide bonds. The van der Waals surface area contributed by atoms with Crippen LogP contribution in [0.2, 0.25) is 0 Å². The van der Waals surface area contributed by atoms with Crippen LogP contribution < -0.4 is 0 Å². The summed E-state index contributed by atoms with van der Waals surface area (Å²) in [5.74, 6) is -0.467. The van der Waals surface area contributed by atoms with Gasteiger partial charge in [-0.15, -0.1) is 0 Å². The first-order valence-corrected chi connectivity index (χ1v) is 10.9. The van der Waals surface area contributed by atoms with E-state index in [1.165, 1.54) is 0 Å². The number of amides is 3. The van der Waals surface area contributed by atoms with Crippen molar-refractivity contribution in [2.75, 3.05) is 26.3 Å². The van der Waals surface area contributed by atoms with E-state index in [2.05, 4.69) is 4.99 Å². The second kappa shape index (κ2) is 9.01. The first-order valence-electron chi connectivity index (χ1n) is 10.9. The van der Waals surface area contributed by atoms with Gasteiger partial charge in [-0.1, -0.05) is 30.3 Å². The third-order valence-corrected chi connectivity index (χ3v) is 4.80. The van der Waals surface area contributed by atoms with Crippen LogP contribution in [0, 0.1) is 0 Å². The van der Waals surface area contributed by atoms with Gasteiger partial charge in [0.2, 0.25) is 0 Å². The molecular formula is C23H32N4O6. The molecule has 1 aromatic rings. The van der Waals surface area contributed by atoms with E-state index in [1.54, 1.807) is 76.8 Å². The van der Waals surface area contributed by atoms with Crippen molar-refractivity contribution in [3.05, 3.63) is 35.9 Å². The minimum Gasteiger partial charge on any atom is -0.442 e. The Labute approximate surface area is 194 Å². The van der Waals surface area contributed by atoms with Gasteiger partial charge in [-0.05, 0) is 41.5 Å². The molecule has 2 heterocycles. The third-order valence-electron chi connectivity index (χ3n) is 4.80. The second-order valence-electron chi connectivity index (χ2n) is 9.80. The smallest absolute Gasteiger partial charge is 0.435 e. The number of aliphatic imine (C=N–C) groups is 1. The lowest BCUT2D eigenvalue weighted by Crippen LogP contribution is -2.63. The number of rotatable bonds is 2. The molecule has 33 heavy (non-hydrogen) atoms. The molecule has 1 saturated heterocycles. The van der Waals surface area contributed by atoms with E-state index in [9.17, 15) is 14.4 Å². The second-order valence-corrected chi connectivity index (χ2v) is 9.80. The molecule has 2 aliphatic heterocycles. The van der Waals surface area contributed by atoms with E-state index >= 15 is 0 Å². The predicted molar refractivity (Wildman–Crippen MR) is 120 cm³/mol. The van der Waals surface area contributed by atoms with Crippen molar-refractivity contribution >= 4 is 24.4 Å². The Morgan fingerprint density at radius 3 is 2.00 bits per heavy atom. The van der Waals surface area contributed by atoms with Crippen molar-refractivity contribution < 1.29 is 28.6 Å². The quantitative estimate of drug-likeness (QED) is 0.672. The number of hydrogen-bond acceptors (Lipinski definition) is 7. The number of ether oxygens (including phenoxy) is 3. The lowest BCUT2D eigenvalue weighted by molar-refractivity contribution is -0.154. The minimum atomic E-state index is -1.88. The lowest BCUT2D eigenvalue weighted by atomic mass is 9.97. The van der Waals surface area contributed by atoms with E-state index in [-0.39, 0.29) is 0 Å². The number of carbonyl (C=O) groups excluding carboxylic acids is 3. The number of carbonyl (C=O) groups is 3. The van der Waals surface area contributed by atoms with Crippen molar-refractivity contribution in [3.8, 4) is 0 Å². The van der Waals surface area contributed by atoms with Gasteiger partial charge in [-0.2, -0.15) is 10.0 Å². The molecule has 0 bridgehead atoms. The molecule has 3 rings (SSSR count). The molecule has 0 aliphatic carbocycles. The fourth-order valence-corrected chi connectivity index (χ4v) is 3.49. The molecule has 1 aromatic carbocycles. The van der Waals surface area contributed by atoms with E-state index in [1.807, 2.05) is 0 Å². The molecule has 0 saturated carbocycles. The summed E-state index contributed by atoms with van der Waals surface area (Å²) in [6.07, 6.45) is -0.621. The van der Waals surface area contributed by atoms with Crippen LogP contribution in [0.1, 0.15) is 47.1 Å². The van der Waals surface area contributed by atoms with Gasteiger partial charge in [-0.25, -0.2) is 14.6 Å². The topological polar surface area (TPSA) is 101 Å². The van der Waals surface area contributed by atoms with E-state index < -0.39 is 35.0 Å². The summed E-state index contributed by atoms with van der Waals surface area (Å²) in [7, 11) is 0. The van der Waals surface area contributed by atoms with Crippen molar-refractivity contribution in [1.82, 2.24) is 14.9 Å². The summed E-state index contributed by atoms with van der Waals surface area (Å²) < 4.78 is 16.5. The number of nitrogens with zero attached hydrogens (tertiary/aromatic N) is 4. The molecule has 180 valence electrons. The largest absolute Gasteiger partial charge is 0.442 e. The van der Waals surface area contributed by atoms with Gasteiger partial charge in [0.15, 0.2) is 0 Å². The summed E-state index contributed by atoms with van der Waals surface area (Å²) >= 11 is 0. The van der Waals surface area contributed by atoms with Gasteiger partial charge < -0.3 is 19.1 Å². The van der Waals surface area contributed by atoms with Gasteiger partial charge in [0.05, 0.1) is 13.2 Å². The van der Waals surface area contributed by atoms with Crippen LogP contribution >= 0.6 is 0 Å². The average molecular weight is 461 g/mol. The summed E-state index contributed by atoms with van der Waals surface area (Å²) in [4.78, 5) is 46.6. The van der Waals surface area contributed by atoms with Gasteiger partial charge in [-0.3, -0.25) is 4.79 Å². The SMILES string of the molecule is CC(C)(C)OC(=O)N1C=NC(C(=O)N2CCOCC2)(c2ccccc2)N1C(=O)OC(C)(C)C. The molecule has 0 aromatic heterocycles. The Morgan fingerprint density at radius 2 is 1.45 bits per heavy atom. The minimum absolute atomic E-state index is 0.331. The van der Waals surface area contributed by atoms with Crippen LogP contribution in [0.3, 0.4) is 0 Å². The number of hydrazine groups is 1. The molecule has 10 heteroatoms. The summed E-state index contributed by atoms with van der Waals surface area (Å²) in [6, 6.07) is 8.64. The van der Waals surface area contributed by atoms with Crippen LogP contribution in [-0.2, 0) is 24.7 Å². The van der Waals surface area contributed by atoms with E-state index in [0.29, 0.717) is 31.9 Å². The molecule has 0 radical (unpaired) electrons. The van der Waals surface area contributed by atoms with Crippen molar-refractivity contribution in [1.29, 1.82) is 0 Å². The molecule has 10 nitrogen and oxygen atoms in total. The maximum atomic E-state index is 14.0. The number of morpholine rings is 1. The molecular weight excluding hydrogens is 428 g/mol. The zero-order valence-electron chi connectivity index (χ0n) is 20.0. The monoisotopic (exact) mass is 460 g/mol. The molecule has 1 atom stereocenters. The highest BCUT2D eigenvalue weighted by Crippen LogP contribution is 2.39. The van der Waals surface area contributed by atoms with Crippen molar-refractivity contribution in [2.45, 2.75) is 58.4 Å². The third kappa shape index (κ3) is 5.27. The fourth-order valence-electron chi connectivity index (χ4n) is 3.49. The van der Waals surface area contributed by atoms with Gasteiger partial charge in [0.25, 0.3) is 11.6 Å². The Hall–Kier alpha value is -3.14. The standard InChI is InChI=1S/C23H32N4O6/c1-21(2,3)32-19(29)26-16-24-23(17-10-8-7-9-11-17,18(28)25-12-14-31-15-13-25)27(26)20(30)33-22(4,5)6/h7-11,16H,12-15H2,1-6H3. The van der Waals surface area contributed by atoms with Crippen LogP contribution in [-0.4, -0.2) is 76.9 Å². The molecule has 1 fully saturated rings. The predicted octanol–water partition coefficient (Wildman–Crippen LogP) is 3.13. The van der Waals surface area contributed by atoms with Crippen LogP contribution in [0.5, 0.6) is 0 Å². The summed E-state index contributed by atoms with van der Waals surface area (Å²) in [5, 5.41) is 1.85. The first kappa shape index (κ1) is 24.5. The molecule has 1 unspecified atom stereocenters. The Kier molecular flexibility index (Phi) is 6.69. The van der Waals surface area contributed by atoms with E-state index in [0.717, 1.165) is 16.4 Å². The van der Waals surface area contributed by atoms with Crippen LogP contribution in [0.4, 0.5) is 9.59 Å². The molecule has 0 N–H and O–H groups in total. The summed E-state index contributed by atoms with van der Waals surface area (Å²) in [6.45, 7) is 11.6. The normalized spacial score (nSPS) is 21.2. The average Bonchev–Trinajstić information content (AvgIpc) is 3.14. The Morgan fingerprint density at radius 1 is 0.909 bits per heavy atom. The van der Waals surface area contributed by atoms with Gasteiger partial charge in [0.1, 0.15) is 17.5 Å². The van der Waals surface area contributed by atoms with E-state index in [4.69, 9.17) is 14.2 Å². The number of hydrogen-bond donors (Lipinski definition) is 0.